The zero-order valence-electron chi connectivity index (χ0n) is 13.1. The Hall–Kier alpha value is -1.05. The van der Waals surface area contributed by atoms with E-state index in [1.165, 1.54) is 6.07 Å². The van der Waals surface area contributed by atoms with Gasteiger partial charge in [0.15, 0.2) is 9.84 Å². The molecule has 0 aliphatic rings. The van der Waals surface area contributed by atoms with E-state index in [4.69, 9.17) is 0 Å². The Labute approximate surface area is 130 Å². The second-order valence-electron chi connectivity index (χ2n) is 5.29. The van der Waals surface area contributed by atoms with Crippen molar-refractivity contribution in [3.63, 3.8) is 0 Å². The number of rotatable bonds is 8. The molecule has 0 saturated heterocycles. The Balaban J connectivity index is 2.85. The van der Waals surface area contributed by atoms with Gasteiger partial charge in [-0.05, 0) is 25.6 Å². The van der Waals surface area contributed by atoms with Gasteiger partial charge in [0.05, 0.1) is 17.4 Å². The highest BCUT2D eigenvalue weighted by molar-refractivity contribution is 7.91. The van der Waals surface area contributed by atoms with Crippen LogP contribution >= 0.6 is 0 Å². The lowest BCUT2D eigenvalue weighted by atomic mass is 10.1. The highest BCUT2D eigenvalue weighted by Gasteiger charge is 2.24. The van der Waals surface area contributed by atoms with Crippen LogP contribution in [0.1, 0.15) is 32.4 Å². The minimum atomic E-state index is -3.16. The van der Waals surface area contributed by atoms with Crippen LogP contribution in [-0.2, 0) is 9.84 Å². The number of benzene rings is 1. The predicted molar refractivity (Wildman–Crippen MR) is 82.4 cm³/mol. The first-order valence-corrected chi connectivity index (χ1v) is 9.10. The molecule has 7 heteroatoms. The summed E-state index contributed by atoms with van der Waals surface area (Å²) in [6.45, 7) is 5.53. The summed E-state index contributed by atoms with van der Waals surface area (Å²) in [6, 6.07) is 3.06. The van der Waals surface area contributed by atoms with Gasteiger partial charge >= 0.3 is 0 Å². The Morgan fingerprint density at radius 2 is 1.77 bits per heavy atom. The predicted octanol–water partition coefficient (Wildman–Crippen LogP) is 2.14. The summed E-state index contributed by atoms with van der Waals surface area (Å²) in [4.78, 5) is 1.70. The molecular weight excluding hydrogens is 312 g/mol. The molecule has 1 rings (SSSR count). The zero-order chi connectivity index (χ0) is 16.9. The topological polar surface area (TPSA) is 57.6 Å². The molecule has 0 spiro atoms. The third kappa shape index (κ3) is 5.00. The van der Waals surface area contributed by atoms with Gasteiger partial charge in [0.1, 0.15) is 11.6 Å². The molecule has 0 heterocycles. The maximum Gasteiger partial charge on any atom is 0.151 e. The van der Waals surface area contributed by atoms with Gasteiger partial charge in [-0.2, -0.15) is 0 Å². The Kier molecular flexibility index (Phi) is 6.90. The molecule has 0 aliphatic carbocycles. The van der Waals surface area contributed by atoms with E-state index < -0.39 is 27.6 Å². The molecule has 0 aliphatic heterocycles. The second-order valence-corrected chi connectivity index (χ2v) is 7.68. The van der Waals surface area contributed by atoms with Crippen molar-refractivity contribution in [2.75, 3.05) is 24.6 Å². The van der Waals surface area contributed by atoms with Crippen LogP contribution in [0.25, 0.3) is 0 Å². The van der Waals surface area contributed by atoms with E-state index in [1.54, 1.807) is 25.7 Å². The molecule has 22 heavy (non-hydrogen) atoms. The third-order valence-electron chi connectivity index (χ3n) is 3.70. The highest BCUT2D eigenvalue weighted by atomic mass is 32.2. The fourth-order valence-corrected chi connectivity index (χ4v) is 3.54. The van der Waals surface area contributed by atoms with E-state index in [0.717, 1.165) is 12.1 Å². The first-order chi connectivity index (χ1) is 10.2. The molecule has 1 N–H and O–H groups in total. The van der Waals surface area contributed by atoms with E-state index in [1.807, 2.05) is 0 Å². The first kappa shape index (κ1) is 19.0. The smallest absolute Gasteiger partial charge is 0.151 e. The summed E-state index contributed by atoms with van der Waals surface area (Å²) in [5.74, 6) is -1.63. The molecule has 2 unspecified atom stereocenters. The van der Waals surface area contributed by atoms with Gasteiger partial charge in [-0.15, -0.1) is 0 Å². The Morgan fingerprint density at radius 3 is 2.23 bits per heavy atom. The molecule has 1 aromatic carbocycles. The monoisotopic (exact) mass is 335 g/mol. The van der Waals surface area contributed by atoms with Gasteiger partial charge in [-0.3, -0.25) is 4.90 Å². The van der Waals surface area contributed by atoms with Crippen molar-refractivity contribution in [2.24, 2.45) is 0 Å². The van der Waals surface area contributed by atoms with Crippen LogP contribution in [0.5, 0.6) is 0 Å². The summed E-state index contributed by atoms with van der Waals surface area (Å²) >= 11 is 0. The first-order valence-electron chi connectivity index (χ1n) is 7.28. The van der Waals surface area contributed by atoms with Crippen LogP contribution in [0.2, 0.25) is 0 Å². The van der Waals surface area contributed by atoms with Crippen LogP contribution in [0.4, 0.5) is 8.78 Å². The molecule has 1 aromatic rings. The molecule has 126 valence electrons. The van der Waals surface area contributed by atoms with Crippen LogP contribution < -0.4 is 0 Å². The molecule has 0 fully saturated rings. The van der Waals surface area contributed by atoms with Gasteiger partial charge in [0, 0.05) is 18.3 Å². The number of hydrogen-bond acceptors (Lipinski definition) is 4. The van der Waals surface area contributed by atoms with Crippen molar-refractivity contribution in [1.82, 2.24) is 4.90 Å². The van der Waals surface area contributed by atoms with Gasteiger partial charge < -0.3 is 5.11 Å². The van der Waals surface area contributed by atoms with Crippen LogP contribution in [0.3, 0.4) is 0 Å². The normalized spacial score (nSPS) is 15.0. The summed E-state index contributed by atoms with van der Waals surface area (Å²) < 4.78 is 50.7. The van der Waals surface area contributed by atoms with E-state index in [2.05, 4.69) is 0 Å². The molecule has 0 radical (unpaired) electrons. The minimum absolute atomic E-state index is 0.0330. The summed E-state index contributed by atoms with van der Waals surface area (Å²) in [7, 11) is -3.16. The number of aliphatic hydroxyl groups excluding tert-OH is 1. The molecule has 2 atom stereocenters. The van der Waals surface area contributed by atoms with Crippen molar-refractivity contribution in [3.8, 4) is 0 Å². The minimum Gasteiger partial charge on any atom is -0.387 e. The second kappa shape index (κ2) is 7.99. The molecule has 0 bridgehead atoms. The lowest BCUT2D eigenvalue weighted by molar-refractivity contribution is 0.0942. The number of aliphatic hydroxyl groups is 1. The van der Waals surface area contributed by atoms with Crippen molar-refractivity contribution < 1.29 is 22.3 Å². The van der Waals surface area contributed by atoms with Crippen molar-refractivity contribution in [2.45, 2.75) is 32.9 Å². The lowest BCUT2D eigenvalue weighted by Crippen LogP contribution is -2.41. The maximum atomic E-state index is 13.7. The van der Waals surface area contributed by atoms with Gasteiger partial charge in [-0.1, -0.05) is 19.9 Å². The largest absolute Gasteiger partial charge is 0.387 e. The number of nitrogens with zero attached hydrogens (tertiary/aromatic N) is 1. The zero-order valence-corrected chi connectivity index (χ0v) is 13.9. The fourth-order valence-electron chi connectivity index (χ4n) is 2.35. The maximum absolute atomic E-state index is 13.7. The van der Waals surface area contributed by atoms with Crippen molar-refractivity contribution in [3.05, 3.63) is 35.4 Å². The molecule has 0 amide bonds. The molecule has 4 nitrogen and oxygen atoms in total. The van der Waals surface area contributed by atoms with E-state index >= 15 is 0 Å². The van der Waals surface area contributed by atoms with Gasteiger partial charge in [0.25, 0.3) is 0 Å². The number of likely N-dealkylation sites (N-methyl/N-ethyl adjacent to an activating group) is 1. The van der Waals surface area contributed by atoms with E-state index in [0.29, 0.717) is 6.54 Å². The summed E-state index contributed by atoms with van der Waals surface area (Å²) in [5.41, 5.74) is -0.383. The average Bonchev–Trinajstić information content (AvgIpc) is 2.44. The quantitative estimate of drug-likeness (QED) is 0.791. The van der Waals surface area contributed by atoms with Gasteiger partial charge in [0.2, 0.25) is 0 Å². The van der Waals surface area contributed by atoms with Crippen LogP contribution in [-0.4, -0.2) is 49.1 Å². The average molecular weight is 335 g/mol. The highest BCUT2D eigenvalue weighted by Crippen LogP contribution is 2.22. The Morgan fingerprint density at radius 1 is 1.23 bits per heavy atom. The van der Waals surface area contributed by atoms with E-state index in [9.17, 15) is 22.3 Å². The molecule has 0 saturated carbocycles. The van der Waals surface area contributed by atoms with E-state index in [-0.39, 0.29) is 29.7 Å². The summed E-state index contributed by atoms with van der Waals surface area (Å²) in [5, 5.41) is 10.1. The van der Waals surface area contributed by atoms with Crippen molar-refractivity contribution in [1.29, 1.82) is 0 Å². The van der Waals surface area contributed by atoms with Crippen LogP contribution in [0, 0.1) is 11.6 Å². The van der Waals surface area contributed by atoms with Gasteiger partial charge in [-0.25, -0.2) is 17.2 Å². The standard InChI is InChI=1S/C15H23F2NO3S/c1-4-18(11(3)10-22(20,21)5-2)9-14(19)15-12(16)7-6-8-13(15)17/h6-8,11,14,19H,4-5,9-10H2,1-3H3. The number of sulfone groups is 1. The SMILES string of the molecule is CCN(CC(O)c1c(F)cccc1F)C(C)CS(=O)(=O)CC. The number of halogens is 2. The molecular formula is C15H23F2NO3S. The summed E-state index contributed by atoms with van der Waals surface area (Å²) in [6.07, 6.45) is -1.35. The van der Waals surface area contributed by atoms with Crippen LogP contribution in [0.15, 0.2) is 18.2 Å². The fraction of sp³-hybridized carbons (Fsp3) is 0.600. The third-order valence-corrected chi connectivity index (χ3v) is 5.57. The number of hydrogen-bond donors (Lipinski definition) is 1. The Bertz CT molecular complexity index is 572. The molecule has 0 aromatic heterocycles. The lowest BCUT2D eigenvalue weighted by Gasteiger charge is -2.29. The van der Waals surface area contributed by atoms with Crippen molar-refractivity contribution >= 4 is 9.84 Å².